The minimum absolute atomic E-state index is 0.0537. The van der Waals surface area contributed by atoms with Gasteiger partial charge in [0.1, 0.15) is 5.41 Å². The highest BCUT2D eigenvalue weighted by Crippen LogP contribution is 2.50. The van der Waals surface area contributed by atoms with Crippen LogP contribution >= 0.6 is 23.2 Å². The van der Waals surface area contributed by atoms with E-state index in [9.17, 15) is 14.4 Å². The summed E-state index contributed by atoms with van der Waals surface area (Å²) in [6, 6.07) is 5.15. The summed E-state index contributed by atoms with van der Waals surface area (Å²) in [5, 5.41) is 0.954. The normalized spacial score (nSPS) is 25.0. The van der Waals surface area contributed by atoms with Gasteiger partial charge in [-0.15, -0.1) is 0 Å². The summed E-state index contributed by atoms with van der Waals surface area (Å²) in [6.45, 7) is 4.23. The van der Waals surface area contributed by atoms with E-state index in [0.717, 1.165) is 18.4 Å². The van der Waals surface area contributed by atoms with Crippen LogP contribution in [0.1, 0.15) is 44.6 Å². The zero-order valence-electron chi connectivity index (χ0n) is 19.4. The SMILES string of the molecule is CCOC(=O)[C@]12CCCC=C1N(Cc1ccc(Cl)cc1Cl)C(=O)[C@H](CC(=O)N1CCOCC1)C2. The summed E-state index contributed by atoms with van der Waals surface area (Å²) in [5.74, 6) is -1.21. The highest BCUT2D eigenvalue weighted by Gasteiger charge is 2.54. The number of piperidine rings is 1. The van der Waals surface area contributed by atoms with Gasteiger partial charge in [0.15, 0.2) is 0 Å². The van der Waals surface area contributed by atoms with Gasteiger partial charge in [0.25, 0.3) is 0 Å². The lowest BCUT2D eigenvalue weighted by molar-refractivity contribution is -0.163. The summed E-state index contributed by atoms with van der Waals surface area (Å²) < 4.78 is 10.9. The van der Waals surface area contributed by atoms with Crippen LogP contribution in [0.4, 0.5) is 0 Å². The molecule has 2 amide bonds. The van der Waals surface area contributed by atoms with Crippen LogP contribution in [0.15, 0.2) is 30.0 Å². The zero-order chi connectivity index (χ0) is 24.3. The molecule has 4 rings (SSSR count). The van der Waals surface area contributed by atoms with Crippen molar-refractivity contribution in [3.8, 4) is 0 Å². The highest BCUT2D eigenvalue weighted by molar-refractivity contribution is 6.35. The molecule has 2 saturated heterocycles. The molecular formula is C25H30Cl2N2O5. The molecule has 0 aromatic heterocycles. The first kappa shape index (κ1) is 25.0. The number of carbonyl (C=O) groups excluding carboxylic acids is 3. The number of esters is 1. The van der Waals surface area contributed by atoms with Crippen LogP contribution in [-0.2, 0) is 30.4 Å². The van der Waals surface area contributed by atoms with Gasteiger partial charge in [-0.2, -0.15) is 0 Å². The third kappa shape index (κ3) is 4.97. The second-order valence-corrected chi connectivity index (χ2v) is 9.89. The third-order valence-electron chi connectivity index (χ3n) is 6.93. The molecule has 34 heavy (non-hydrogen) atoms. The minimum Gasteiger partial charge on any atom is -0.465 e. The van der Waals surface area contributed by atoms with E-state index in [1.54, 1.807) is 34.9 Å². The van der Waals surface area contributed by atoms with Gasteiger partial charge in [0, 0.05) is 41.2 Å². The molecule has 184 valence electrons. The van der Waals surface area contributed by atoms with Crippen molar-refractivity contribution >= 4 is 41.0 Å². The summed E-state index contributed by atoms with van der Waals surface area (Å²) in [5.41, 5.74) is 0.448. The fourth-order valence-electron chi connectivity index (χ4n) is 5.24. The lowest BCUT2D eigenvalue weighted by atomic mass is 9.66. The highest BCUT2D eigenvalue weighted by atomic mass is 35.5. The summed E-state index contributed by atoms with van der Waals surface area (Å²) >= 11 is 12.5. The van der Waals surface area contributed by atoms with Crippen molar-refractivity contribution in [3.63, 3.8) is 0 Å². The topological polar surface area (TPSA) is 76.2 Å². The Morgan fingerprint density at radius 1 is 1.24 bits per heavy atom. The molecule has 7 nitrogen and oxygen atoms in total. The molecule has 0 N–H and O–H groups in total. The molecule has 0 saturated carbocycles. The van der Waals surface area contributed by atoms with Gasteiger partial charge in [-0.3, -0.25) is 14.4 Å². The summed E-state index contributed by atoms with van der Waals surface area (Å²) in [6.07, 6.45) is 4.47. The minimum atomic E-state index is -0.947. The number of halogens is 2. The molecule has 2 aliphatic heterocycles. The van der Waals surface area contributed by atoms with Crippen LogP contribution in [0, 0.1) is 11.3 Å². The Balaban J connectivity index is 1.68. The number of ether oxygens (including phenoxy) is 2. The van der Waals surface area contributed by atoms with E-state index in [0.29, 0.717) is 48.5 Å². The zero-order valence-corrected chi connectivity index (χ0v) is 20.9. The third-order valence-corrected chi connectivity index (χ3v) is 7.52. The van der Waals surface area contributed by atoms with Gasteiger partial charge < -0.3 is 19.3 Å². The monoisotopic (exact) mass is 508 g/mol. The number of hydrogen-bond donors (Lipinski definition) is 0. The number of carbonyl (C=O) groups is 3. The Hall–Kier alpha value is -2.09. The molecule has 0 radical (unpaired) electrons. The predicted octanol–water partition coefficient (Wildman–Crippen LogP) is 4.21. The van der Waals surface area contributed by atoms with Gasteiger partial charge >= 0.3 is 5.97 Å². The lowest BCUT2D eigenvalue weighted by Crippen LogP contribution is -2.54. The van der Waals surface area contributed by atoms with E-state index in [-0.39, 0.29) is 43.8 Å². The number of rotatable bonds is 6. The van der Waals surface area contributed by atoms with Gasteiger partial charge in [0.2, 0.25) is 11.8 Å². The lowest BCUT2D eigenvalue weighted by Gasteiger charge is -2.48. The number of benzene rings is 1. The quantitative estimate of drug-likeness (QED) is 0.538. The van der Waals surface area contributed by atoms with Gasteiger partial charge in [-0.1, -0.05) is 35.3 Å². The molecule has 0 unspecified atom stereocenters. The van der Waals surface area contributed by atoms with E-state index in [4.69, 9.17) is 32.7 Å². The molecule has 9 heteroatoms. The number of allylic oxidation sites excluding steroid dienone is 1. The van der Waals surface area contributed by atoms with E-state index < -0.39 is 11.3 Å². The number of fused-ring (bicyclic) bond motifs is 1. The molecule has 3 aliphatic rings. The van der Waals surface area contributed by atoms with Crippen molar-refractivity contribution in [1.29, 1.82) is 0 Å². The fraction of sp³-hybridized carbons (Fsp3) is 0.560. The van der Waals surface area contributed by atoms with Crippen molar-refractivity contribution in [2.24, 2.45) is 11.3 Å². The number of morpholine rings is 1. The maximum Gasteiger partial charge on any atom is 0.318 e. The van der Waals surface area contributed by atoms with Gasteiger partial charge in [-0.25, -0.2) is 0 Å². The second kappa shape index (κ2) is 10.7. The number of likely N-dealkylation sites (tertiary alicyclic amines) is 1. The molecule has 0 spiro atoms. The van der Waals surface area contributed by atoms with Crippen molar-refractivity contribution in [1.82, 2.24) is 9.80 Å². The van der Waals surface area contributed by atoms with Crippen LogP contribution in [0.3, 0.4) is 0 Å². The average Bonchev–Trinajstić information content (AvgIpc) is 2.83. The number of hydrogen-bond acceptors (Lipinski definition) is 5. The Labute approximate surface area is 209 Å². The summed E-state index contributed by atoms with van der Waals surface area (Å²) in [7, 11) is 0. The average molecular weight is 509 g/mol. The van der Waals surface area contributed by atoms with E-state index >= 15 is 0 Å². The molecule has 2 atom stereocenters. The summed E-state index contributed by atoms with van der Waals surface area (Å²) in [4.78, 5) is 43.6. The van der Waals surface area contributed by atoms with Crippen molar-refractivity contribution < 1.29 is 23.9 Å². The largest absolute Gasteiger partial charge is 0.465 e. The number of nitrogens with zero attached hydrogens (tertiary/aromatic N) is 2. The molecule has 1 aliphatic carbocycles. The predicted molar refractivity (Wildman–Crippen MR) is 128 cm³/mol. The van der Waals surface area contributed by atoms with Gasteiger partial charge in [0.05, 0.1) is 26.4 Å². The standard InChI is InChI=1S/C25H30Cl2N2O5/c1-2-34-24(32)25-8-4-3-5-21(25)29(16-17-6-7-19(26)14-20(17)27)23(31)18(15-25)13-22(30)28-9-11-33-12-10-28/h5-7,14,18H,2-4,8-13,15-16H2,1H3/t18-,25+/m1/s1. The molecular weight excluding hydrogens is 479 g/mol. The van der Waals surface area contributed by atoms with Gasteiger partial charge in [-0.05, 0) is 50.3 Å². The van der Waals surface area contributed by atoms with E-state index in [1.807, 2.05) is 6.08 Å². The maximum absolute atomic E-state index is 13.8. The van der Waals surface area contributed by atoms with Crippen LogP contribution in [-0.4, -0.2) is 60.5 Å². The van der Waals surface area contributed by atoms with Crippen LogP contribution < -0.4 is 0 Å². The first-order valence-electron chi connectivity index (χ1n) is 11.8. The number of amides is 2. The Kier molecular flexibility index (Phi) is 7.85. The maximum atomic E-state index is 13.8. The van der Waals surface area contributed by atoms with Crippen molar-refractivity contribution in [3.05, 3.63) is 45.6 Å². The van der Waals surface area contributed by atoms with E-state index in [1.165, 1.54) is 0 Å². The van der Waals surface area contributed by atoms with Crippen LogP contribution in [0.25, 0.3) is 0 Å². The van der Waals surface area contributed by atoms with Crippen molar-refractivity contribution in [2.75, 3.05) is 32.9 Å². The first-order chi connectivity index (χ1) is 16.4. The van der Waals surface area contributed by atoms with Crippen LogP contribution in [0.2, 0.25) is 10.0 Å². The van der Waals surface area contributed by atoms with E-state index in [2.05, 4.69) is 0 Å². The molecule has 0 bridgehead atoms. The molecule has 1 aromatic carbocycles. The molecule has 1 aromatic rings. The Morgan fingerprint density at radius 3 is 2.71 bits per heavy atom. The Morgan fingerprint density at radius 2 is 2.00 bits per heavy atom. The fourth-order valence-corrected chi connectivity index (χ4v) is 5.71. The molecule has 2 heterocycles. The van der Waals surface area contributed by atoms with Crippen molar-refractivity contribution in [2.45, 2.75) is 45.6 Å². The first-order valence-corrected chi connectivity index (χ1v) is 12.6. The smallest absolute Gasteiger partial charge is 0.318 e. The molecule has 2 fully saturated rings. The van der Waals surface area contributed by atoms with Crippen LogP contribution in [0.5, 0.6) is 0 Å². The second-order valence-electron chi connectivity index (χ2n) is 9.04. The Bertz CT molecular complexity index is 992.